The van der Waals surface area contributed by atoms with Gasteiger partial charge in [-0.05, 0) is 30.2 Å². The van der Waals surface area contributed by atoms with Gasteiger partial charge in [0.2, 0.25) is 5.91 Å². The monoisotopic (exact) mass is 348 g/mol. The standard InChI is InChI=1S/C19H22F2N2O2/c1-2-16(12-24)23-19(25)9-13-3-7-17(8-4-13)22-11-14-5-6-15(20)10-18(14)21/h3-8,10,16,22,24H,2,9,11-12H2,1H3,(H,23,25). The predicted octanol–water partition coefficient (Wildman–Crippen LogP) is 3.01. The number of rotatable bonds is 8. The van der Waals surface area contributed by atoms with Crippen LogP contribution in [0, 0.1) is 11.6 Å². The number of amides is 1. The quantitative estimate of drug-likeness (QED) is 0.687. The zero-order valence-electron chi connectivity index (χ0n) is 14.1. The number of halogens is 2. The topological polar surface area (TPSA) is 61.4 Å². The first-order valence-corrected chi connectivity index (χ1v) is 8.18. The second-order valence-corrected chi connectivity index (χ2v) is 5.82. The van der Waals surface area contributed by atoms with Gasteiger partial charge in [-0.1, -0.05) is 25.1 Å². The van der Waals surface area contributed by atoms with Crippen molar-refractivity contribution in [2.24, 2.45) is 0 Å². The highest BCUT2D eigenvalue weighted by Gasteiger charge is 2.10. The molecule has 0 aliphatic heterocycles. The molecule has 0 heterocycles. The third-order valence-corrected chi connectivity index (χ3v) is 3.89. The average Bonchev–Trinajstić information content (AvgIpc) is 2.60. The Kier molecular flexibility index (Phi) is 6.89. The van der Waals surface area contributed by atoms with Gasteiger partial charge in [-0.15, -0.1) is 0 Å². The molecule has 134 valence electrons. The average molecular weight is 348 g/mol. The molecule has 25 heavy (non-hydrogen) atoms. The molecule has 0 radical (unpaired) electrons. The first-order valence-electron chi connectivity index (χ1n) is 8.18. The van der Waals surface area contributed by atoms with Gasteiger partial charge in [0.15, 0.2) is 0 Å². The summed E-state index contributed by atoms with van der Waals surface area (Å²) in [6, 6.07) is 10.5. The number of carbonyl (C=O) groups excluding carboxylic acids is 1. The molecule has 1 atom stereocenters. The van der Waals surface area contributed by atoms with E-state index in [1.165, 1.54) is 12.1 Å². The van der Waals surface area contributed by atoms with Gasteiger partial charge >= 0.3 is 0 Å². The van der Waals surface area contributed by atoms with Crippen LogP contribution in [0.2, 0.25) is 0 Å². The summed E-state index contributed by atoms with van der Waals surface area (Å²) in [5, 5.41) is 14.9. The molecule has 0 bridgehead atoms. The minimum absolute atomic E-state index is 0.0783. The molecule has 1 unspecified atom stereocenters. The van der Waals surface area contributed by atoms with Crippen LogP contribution in [0.1, 0.15) is 24.5 Å². The van der Waals surface area contributed by atoms with Crippen molar-refractivity contribution in [1.82, 2.24) is 5.32 Å². The Morgan fingerprint density at radius 2 is 1.88 bits per heavy atom. The van der Waals surface area contributed by atoms with Gasteiger partial charge in [-0.25, -0.2) is 8.78 Å². The highest BCUT2D eigenvalue weighted by Crippen LogP contribution is 2.14. The molecule has 2 aromatic rings. The summed E-state index contributed by atoms with van der Waals surface area (Å²) < 4.78 is 26.5. The fraction of sp³-hybridized carbons (Fsp3) is 0.316. The van der Waals surface area contributed by atoms with Crippen LogP contribution in [0.15, 0.2) is 42.5 Å². The summed E-state index contributed by atoms with van der Waals surface area (Å²) in [7, 11) is 0. The Morgan fingerprint density at radius 3 is 2.48 bits per heavy atom. The smallest absolute Gasteiger partial charge is 0.224 e. The molecule has 4 nitrogen and oxygen atoms in total. The molecular weight excluding hydrogens is 326 g/mol. The Bertz CT molecular complexity index is 701. The number of nitrogens with one attached hydrogen (secondary N) is 2. The van der Waals surface area contributed by atoms with Crippen molar-refractivity contribution in [3.05, 3.63) is 65.2 Å². The molecule has 0 aliphatic rings. The molecule has 0 spiro atoms. The van der Waals surface area contributed by atoms with Crippen LogP contribution < -0.4 is 10.6 Å². The van der Waals surface area contributed by atoms with Crippen molar-refractivity contribution < 1.29 is 18.7 Å². The van der Waals surface area contributed by atoms with Crippen molar-refractivity contribution in [2.75, 3.05) is 11.9 Å². The fourth-order valence-corrected chi connectivity index (χ4v) is 2.34. The maximum Gasteiger partial charge on any atom is 0.224 e. The summed E-state index contributed by atoms with van der Waals surface area (Å²) in [5.41, 5.74) is 1.98. The lowest BCUT2D eigenvalue weighted by atomic mass is 10.1. The lowest BCUT2D eigenvalue weighted by Gasteiger charge is -2.14. The number of benzene rings is 2. The van der Waals surface area contributed by atoms with Gasteiger partial charge in [0.25, 0.3) is 0 Å². The van der Waals surface area contributed by atoms with Crippen molar-refractivity contribution in [3.63, 3.8) is 0 Å². The highest BCUT2D eigenvalue weighted by atomic mass is 19.1. The summed E-state index contributed by atoms with van der Waals surface area (Å²) >= 11 is 0. The Labute approximate surface area is 145 Å². The van der Waals surface area contributed by atoms with Crippen LogP contribution >= 0.6 is 0 Å². The molecule has 0 saturated heterocycles. The molecule has 0 saturated carbocycles. The molecule has 3 N–H and O–H groups in total. The zero-order valence-corrected chi connectivity index (χ0v) is 14.1. The Hall–Kier alpha value is -2.47. The van der Waals surface area contributed by atoms with E-state index < -0.39 is 11.6 Å². The number of hydrogen-bond donors (Lipinski definition) is 3. The van der Waals surface area contributed by atoms with E-state index in [1.54, 1.807) is 12.1 Å². The number of aliphatic hydroxyl groups excluding tert-OH is 1. The molecule has 0 fully saturated rings. The van der Waals surface area contributed by atoms with Crippen LogP contribution in [0.3, 0.4) is 0 Å². The second-order valence-electron chi connectivity index (χ2n) is 5.82. The van der Waals surface area contributed by atoms with E-state index in [1.807, 2.05) is 19.1 Å². The Morgan fingerprint density at radius 1 is 1.16 bits per heavy atom. The van der Waals surface area contributed by atoms with E-state index in [-0.39, 0.29) is 31.5 Å². The maximum atomic E-state index is 13.6. The number of hydrogen-bond acceptors (Lipinski definition) is 3. The van der Waals surface area contributed by atoms with E-state index >= 15 is 0 Å². The summed E-state index contributed by atoms with van der Waals surface area (Å²) in [5.74, 6) is -1.33. The van der Waals surface area contributed by atoms with E-state index in [9.17, 15) is 13.6 Å². The molecule has 6 heteroatoms. The van der Waals surface area contributed by atoms with E-state index in [2.05, 4.69) is 10.6 Å². The van der Waals surface area contributed by atoms with Gasteiger partial charge in [0.05, 0.1) is 19.1 Å². The van der Waals surface area contributed by atoms with E-state index in [4.69, 9.17) is 5.11 Å². The maximum absolute atomic E-state index is 13.6. The SMILES string of the molecule is CCC(CO)NC(=O)Cc1ccc(NCc2ccc(F)cc2F)cc1. The molecule has 2 aromatic carbocycles. The largest absolute Gasteiger partial charge is 0.394 e. The first-order chi connectivity index (χ1) is 12.0. The lowest BCUT2D eigenvalue weighted by Crippen LogP contribution is -2.37. The van der Waals surface area contributed by atoms with Crippen LogP contribution in [0.4, 0.5) is 14.5 Å². The minimum Gasteiger partial charge on any atom is -0.394 e. The van der Waals surface area contributed by atoms with E-state index in [0.717, 1.165) is 17.3 Å². The molecule has 0 aromatic heterocycles. The van der Waals surface area contributed by atoms with Crippen LogP contribution in [-0.4, -0.2) is 23.7 Å². The summed E-state index contributed by atoms with van der Waals surface area (Å²) in [4.78, 5) is 11.9. The van der Waals surface area contributed by atoms with Gasteiger partial charge < -0.3 is 15.7 Å². The normalized spacial score (nSPS) is 11.8. The lowest BCUT2D eigenvalue weighted by molar-refractivity contribution is -0.121. The molecular formula is C19H22F2N2O2. The van der Waals surface area contributed by atoms with Gasteiger partial charge in [0, 0.05) is 23.9 Å². The van der Waals surface area contributed by atoms with Crippen molar-refractivity contribution in [1.29, 1.82) is 0 Å². The molecule has 2 rings (SSSR count). The first kappa shape index (κ1) is 18.9. The second kappa shape index (κ2) is 9.13. The number of aliphatic hydroxyl groups is 1. The number of anilines is 1. The Balaban J connectivity index is 1.88. The van der Waals surface area contributed by atoms with Crippen LogP contribution in [-0.2, 0) is 17.8 Å². The fourth-order valence-electron chi connectivity index (χ4n) is 2.34. The highest BCUT2D eigenvalue weighted by molar-refractivity contribution is 5.79. The van der Waals surface area contributed by atoms with Crippen LogP contribution in [0.5, 0.6) is 0 Å². The van der Waals surface area contributed by atoms with Gasteiger partial charge in [0.1, 0.15) is 11.6 Å². The van der Waals surface area contributed by atoms with Crippen molar-refractivity contribution in [3.8, 4) is 0 Å². The predicted molar refractivity (Wildman–Crippen MR) is 93.1 cm³/mol. The third-order valence-electron chi connectivity index (χ3n) is 3.89. The molecule has 1 amide bonds. The van der Waals surface area contributed by atoms with Crippen molar-refractivity contribution in [2.45, 2.75) is 32.4 Å². The zero-order chi connectivity index (χ0) is 18.2. The van der Waals surface area contributed by atoms with Gasteiger partial charge in [-0.3, -0.25) is 4.79 Å². The number of carbonyl (C=O) groups is 1. The van der Waals surface area contributed by atoms with Crippen LogP contribution in [0.25, 0.3) is 0 Å². The molecule has 0 aliphatic carbocycles. The minimum atomic E-state index is -0.601. The van der Waals surface area contributed by atoms with Crippen molar-refractivity contribution >= 4 is 11.6 Å². The summed E-state index contributed by atoms with van der Waals surface area (Å²) in [6.07, 6.45) is 0.897. The third kappa shape index (κ3) is 5.83. The van der Waals surface area contributed by atoms with E-state index in [0.29, 0.717) is 12.0 Å². The van der Waals surface area contributed by atoms with Gasteiger partial charge in [-0.2, -0.15) is 0 Å². The summed E-state index contributed by atoms with van der Waals surface area (Å²) in [6.45, 7) is 2.05.